The van der Waals surface area contributed by atoms with E-state index in [9.17, 15) is 14.7 Å². The van der Waals surface area contributed by atoms with Crippen LogP contribution in [0.4, 0.5) is 0 Å². The molecule has 0 aliphatic carbocycles. The number of esters is 1. The first-order valence-corrected chi connectivity index (χ1v) is 6.68. The van der Waals surface area contributed by atoms with Gasteiger partial charge in [-0.25, -0.2) is 4.98 Å². The predicted molar refractivity (Wildman–Crippen MR) is 79.8 cm³/mol. The Labute approximate surface area is 127 Å². The summed E-state index contributed by atoms with van der Waals surface area (Å²) in [6.45, 7) is 4.88. The number of carbonyl (C=O) groups excluding carboxylic acids is 1. The van der Waals surface area contributed by atoms with Crippen molar-refractivity contribution in [1.29, 1.82) is 0 Å². The molecule has 118 valence electrons. The van der Waals surface area contributed by atoms with Crippen LogP contribution in [0.2, 0.25) is 0 Å². The van der Waals surface area contributed by atoms with Crippen molar-refractivity contribution < 1.29 is 19.4 Å². The minimum Gasteiger partial charge on any atom is -0.504 e. The monoisotopic (exact) mass is 306 g/mol. The van der Waals surface area contributed by atoms with E-state index in [2.05, 4.69) is 4.98 Å². The summed E-state index contributed by atoms with van der Waals surface area (Å²) in [5.74, 6) is -0.542. The molecule has 0 saturated carbocycles. The summed E-state index contributed by atoms with van der Waals surface area (Å²) in [6.07, 6.45) is 1.27. The molecule has 7 nitrogen and oxygen atoms in total. The Hall–Kier alpha value is -2.57. The second-order valence-corrected chi connectivity index (χ2v) is 5.84. The normalized spacial score (nSPS) is 11.5. The molecule has 1 N–H and O–H groups in total. The first kappa shape index (κ1) is 15.8. The van der Waals surface area contributed by atoms with Crippen LogP contribution in [-0.2, 0) is 16.3 Å². The summed E-state index contributed by atoms with van der Waals surface area (Å²) < 4.78 is 11.2. The average molecular weight is 306 g/mol. The Morgan fingerprint density at radius 2 is 2.05 bits per heavy atom. The molecular weight excluding hydrogens is 288 g/mol. The third kappa shape index (κ3) is 2.88. The van der Waals surface area contributed by atoms with Gasteiger partial charge in [0.2, 0.25) is 0 Å². The van der Waals surface area contributed by atoms with Crippen molar-refractivity contribution in [3.63, 3.8) is 0 Å². The van der Waals surface area contributed by atoms with E-state index in [1.807, 2.05) is 0 Å². The maximum Gasteiger partial charge on any atom is 0.312 e. The Bertz CT molecular complexity index is 774. The lowest BCUT2D eigenvalue weighted by Gasteiger charge is -2.17. The fourth-order valence-electron chi connectivity index (χ4n) is 1.81. The van der Waals surface area contributed by atoms with E-state index >= 15 is 0 Å². The van der Waals surface area contributed by atoms with Gasteiger partial charge < -0.3 is 14.6 Å². The Morgan fingerprint density at radius 1 is 1.36 bits per heavy atom. The molecule has 2 aromatic rings. The van der Waals surface area contributed by atoms with Crippen LogP contribution < -0.4 is 10.3 Å². The number of benzene rings is 1. The molecule has 0 aliphatic rings. The largest absolute Gasteiger partial charge is 0.504 e. The maximum atomic E-state index is 12.4. The van der Waals surface area contributed by atoms with E-state index < -0.39 is 16.9 Å². The zero-order valence-corrected chi connectivity index (χ0v) is 12.9. The van der Waals surface area contributed by atoms with Gasteiger partial charge >= 0.3 is 5.97 Å². The number of nitrogens with zero attached hydrogens (tertiary/aromatic N) is 2. The van der Waals surface area contributed by atoms with Gasteiger partial charge in [0.05, 0.1) is 18.0 Å². The lowest BCUT2D eigenvalue weighted by atomic mass is 9.98. The molecule has 0 atom stereocenters. The molecule has 0 unspecified atom stereocenters. The van der Waals surface area contributed by atoms with E-state index in [1.54, 1.807) is 26.8 Å². The molecule has 0 radical (unpaired) electrons. The van der Waals surface area contributed by atoms with E-state index in [-0.39, 0.29) is 23.6 Å². The number of carbonyl (C=O) groups is 1. The molecule has 0 spiro atoms. The highest BCUT2D eigenvalue weighted by Gasteiger charge is 2.23. The molecule has 0 fully saturated rings. The van der Waals surface area contributed by atoms with E-state index in [0.717, 1.165) is 4.57 Å². The molecule has 22 heavy (non-hydrogen) atoms. The summed E-state index contributed by atoms with van der Waals surface area (Å²) in [4.78, 5) is 28.2. The highest BCUT2D eigenvalue weighted by molar-refractivity contribution is 5.86. The van der Waals surface area contributed by atoms with Gasteiger partial charge in [0.25, 0.3) is 5.56 Å². The van der Waals surface area contributed by atoms with Crippen LogP contribution in [0, 0.1) is 5.41 Å². The van der Waals surface area contributed by atoms with E-state index in [1.165, 1.54) is 19.5 Å². The van der Waals surface area contributed by atoms with E-state index in [4.69, 9.17) is 9.47 Å². The second kappa shape index (κ2) is 5.67. The molecule has 1 aromatic carbocycles. The number of aromatic hydroxyl groups is 1. The summed E-state index contributed by atoms with van der Waals surface area (Å²) in [5.41, 5.74) is -0.844. The van der Waals surface area contributed by atoms with Gasteiger partial charge in [0, 0.05) is 0 Å². The van der Waals surface area contributed by atoms with Gasteiger partial charge in [-0.2, -0.15) is 0 Å². The fraction of sp³-hybridized carbons (Fsp3) is 0.400. The van der Waals surface area contributed by atoms with Crippen LogP contribution in [0.25, 0.3) is 10.9 Å². The van der Waals surface area contributed by atoms with Crippen molar-refractivity contribution in [3.05, 3.63) is 28.8 Å². The van der Waals surface area contributed by atoms with Crippen LogP contribution in [0.5, 0.6) is 11.5 Å². The summed E-state index contributed by atoms with van der Waals surface area (Å²) in [7, 11) is 1.39. The van der Waals surface area contributed by atoms with Crippen molar-refractivity contribution >= 4 is 16.9 Å². The van der Waals surface area contributed by atoms with Crippen LogP contribution >= 0.6 is 0 Å². The van der Waals surface area contributed by atoms with Crippen LogP contribution in [0.1, 0.15) is 20.8 Å². The quantitative estimate of drug-likeness (QED) is 0.867. The highest BCUT2D eigenvalue weighted by Crippen LogP contribution is 2.30. The summed E-state index contributed by atoms with van der Waals surface area (Å²) in [5, 5.41) is 10.1. The molecule has 1 heterocycles. The number of fused-ring (bicyclic) bond motifs is 1. The summed E-state index contributed by atoms with van der Waals surface area (Å²) >= 11 is 0. The van der Waals surface area contributed by atoms with Gasteiger partial charge in [-0.3, -0.25) is 14.2 Å². The van der Waals surface area contributed by atoms with Gasteiger partial charge in [0.1, 0.15) is 11.7 Å². The third-order valence-electron chi connectivity index (χ3n) is 3.10. The van der Waals surface area contributed by atoms with Crippen LogP contribution in [-0.4, -0.2) is 27.7 Å². The van der Waals surface area contributed by atoms with Gasteiger partial charge in [0.15, 0.2) is 18.2 Å². The van der Waals surface area contributed by atoms with Gasteiger partial charge in [-0.15, -0.1) is 0 Å². The van der Waals surface area contributed by atoms with E-state index in [0.29, 0.717) is 5.52 Å². The molecule has 0 amide bonds. The number of hydrogen-bond donors (Lipinski definition) is 1. The molecular formula is C15H18N2O5. The molecule has 0 saturated heterocycles. The lowest BCUT2D eigenvalue weighted by molar-refractivity contribution is -0.157. The van der Waals surface area contributed by atoms with Gasteiger partial charge in [-0.1, -0.05) is 0 Å². The SMILES string of the molecule is COc1ccc2ncn(COC(=O)C(C)(C)C)c(=O)c2c1O. The lowest BCUT2D eigenvalue weighted by Crippen LogP contribution is -2.28. The highest BCUT2D eigenvalue weighted by atomic mass is 16.5. The first-order chi connectivity index (χ1) is 10.3. The molecule has 2 rings (SSSR count). The topological polar surface area (TPSA) is 90.7 Å². The number of phenolic OH excluding ortho intramolecular Hbond substituents is 1. The fourth-order valence-corrected chi connectivity index (χ4v) is 1.81. The standard InChI is InChI=1S/C15H18N2O5/c1-15(2,3)14(20)22-8-17-7-16-9-5-6-10(21-4)12(18)11(9)13(17)19/h5-7,18H,8H2,1-4H3. The number of hydrogen-bond acceptors (Lipinski definition) is 6. The number of rotatable bonds is 3. The maximum absolute atomic E-state index is 12.4. The number of phenols is 1. The van der Waals surface area contributed by atoms with Gasteiger partial charge in [-0.05, 0) is 32.9 Å². The van der Waals surface area contributed by atoms with Crippen molar-refractivity contribution in [1.82, 2.24) is 9.55 Å². The second-order valence-electron chi connectivity index (χ2n) is 5.84. The van der Waals surface area contributed by atoms with Crippen molar-refractivity contribution in [2.24, 2.45) is 5.41 Å². The zero-order valence-electron chi connectivity index (χ0n) is 12.9. The average Bonchev–Trinajstić information content (AvgIpc) is 2.45. The first-order valence-electron chi connectivity index (χ1n) is 6.68. The molecule has 0 bridgehead atoms. The molecule has 1 aromatic heterocycles. The molecule has 0 aliphatic heterocycles. The number of ether oxygens (including phenoxy) is 2. The minimum absolute atomic E-state index is 0.0219. The predicted octanol–water partition coefficient (Wildman–Crippen LogP) is 1.66. The minimum atomic E-state index is -0.667. The number of aromatic nitrogens is 2. The Morgan fingerprint density at radius 3 is 2.64 bits per heavy atom. The molecule has 7 heteroatoms. The van der Waals surface area contributed by atoms with Crippen molar-refractivity contribution in [2.75, 3.05) is 7.11 Å². The Kier molecular flexibility index (Phi) is 4.07. The van der Waals surface area contributed by atoms with Crippen molar-refractivity contribution in [3.8, 4) is 11.5 Å². The smallest absolute Gasteiger partial charge is 0.312 e. The zero-order chi connectivity index (χ0) is 16.5. The third-order valence-corrected chi connectivity index (χ3v) is 3.10. The van der Waals surface area contributed by atoms with Crippen molar-refractivity contribution in [2.45, 2.75) is 27.5 Å². The summed E-state index contributed by atoms with van der Waals surface area (Å²) in [6, 6.07) is 3.09. The van der Waals surface area contributed by atoms with Crippen LogP contribution in [0.3, 0.4) is 0 Å². The Balaban J connectivity index is 2.41. The van der Waals surface area contributed by atoms with Crippen LogP contribution in [0.15, 0.2) is 23.3 Å². The number of methoxy groups -OCH3 is 1.